The SMILES string of the molecule is Cc1ccc(-c2nc(-c3ccc(CC(NC(=O)c4cccc(-c5ccc(Cl)cc5F)n4)C(=O)O)cc3F)no2)cc1. The Morgan fingerprint density at radius 1 is 0.951 bits per heavy atom. The van der Waals surface area contributed by atoms with Crippen molar-refractivity contribution >= 4 is 23.5 Å². The third-order valence-electron chi connectivity index (χ3n) is 6.23. The van der Waals surface area contributed by atoms with Crippen LogP contribution in [-0.4, -0.2) is 38.1 Å². The molecular weight excluding hydrogens is 554 g/mol. The second-order valence-corrected chi connectivity index (χ2v) is 9.64. The van der Waals surface area contributed by atoms with Gasteiger partial charge in [0, 0.05) is 22.6 Å². The van der Waals surface area contributed by atoms with Crippen LogP contribution in [0.3, 0.4) is 0 Å². The molecule has 0 spiro atoms. The molecule has 8 nitrogen and oxygen atoms in total. The fraction of sp³-hybridized carbons (Fsp3) is 0.100. The number of carboxylic acids is 1. The standard InChI is InChI=1S/C30H21ClF2N4O4/c1-16-5-8-18(9-6-16)29-36-27(37-41-29)21-11-7-17(13-22(21)32)14-26(30(39)40)35-28(38)25-4-2-3-24(34-25)20-12-10-19(31)15-23(20)33/h2-13,15,26H,14H2,1H3,(H,35,38)(H,39,40). The van der Waals surface area contributed by atoms with Crippen LogP contribution in [-0.2, 0) is 11.2 Å². The van der Waals surface area contributed by atoms with Crippen molar-refractivity contribution in [3.05, 3.63) is 112 Å². The average molecular weight is 575 g/mol. The van der Waals surface area contributed by atoms with Crippen molar-refractivity contribution in [2.45, 2.75) is 19.4 Å². The number of benzene rings is 3. The first-order chi connectivity index (χ1) is 19.7. The number of carbonyl (C=O) groups excluding carboxylic acids is 1. The molecule has 41 heavy (non-hydrogen) atoms. The largest absolute Gasteiger partial charge is 0.480 e. The predicted molar refractivity (Wildman–Crippen MR) is 147 cm³/mol. The van der Waals surface area contributed by atoms with Crippen molar-refractivity contribution < 1.29 is 28.0 Å². The minimum Gasteiger partial charge on any atom is -0.480 e. The first kappa shape index (κ1) is 27.6. The number of aryl methyl sites for hydroxylation is 1. The zero-order chi connectivity index (χ0) is 29.1. The number of nitrogens with zero attached hydrogens (tertiary/aromatic N) is 3. The molecule has 206 valence electrons. The van der Waals surface area contributed by atoms with Crippen LogP contribution in [0.5, 0.6) is 0 Å². The van der Waals surface area contributed by atoms with Gasteiger partial charge in [0.2, 0.25) is 5.82 Å². The van der Waals surface area contributed by atoms with Gasteiger partial charge in [-0.15, -0.1) is 0 Å². The molecule has 0 aliphatic carbocycles. The van der Waals surface area contributed by atoms with Gasteiger partial charge in [0.25, 0.3) is 11.8 Å². The van der Waals surface area contributed by atoms with E-state index in [1.807, 2.05) is 31.2 Å². The second-order valence-electron chi connectivity index (χ2n) is 9.20. The molecular formula is C30H21ClF2N4O4. The zero-order valence-electron chi connectivity index (χ0n) is 21.4. The van der Waals surface area contributed by atoms with Crippen LogP contribution in [0.25, 0.3) is 34.1 Å². The number of pyridine rings is 1. The minimum atomic E-state index is -1.40. The van der Waals surface area contributed by atoms with E-state index in [1.54, 1.807) is 0 Å². The third kappa shape index (κ3) is 6.28. The zero-order valence-corrected chi connectivity index (χ0v) is 22.2. The Hall–Kier alpha value is -4.96. The van der Waals surface area contributed by atoms with Gasteiger partial charge in [-0.2, -0.15) is 4.98 Å². The minimum absolute atomic E-state index is 0.0378. The Balaban J connectivity index is 1.31. The summed E-state index contributed by atoms with van der Waals surface area (Å²) in [7, 11) is 0. The highest BCUT2D eigenvalue weighted by Gasteiger charge is 2.23. The molecule has 0 radical (unpaired) electrons. The predicted octanol–water partition coefficient (Wildman–Crippen LogP) is 6.13. The Labute approximate surface area is 237 Å². The normalized spacial score (nSPS) is 11.7. The van der Waals surface area contributed by atoms with Gasteiger partial charge in [-0.3, -0.25) is 4.79 Å². The first-order valence-corrected chi connectivity index (χ1v) is 12.7. The van der Waals surface area contributed by atoms with Crippen LogP contribution in [0.15, 0.2) is 83.4 Å². The van der Waals surface area contributed by atoms with Gasteiger partial charge in [-0.05, 0) is 67.1 Å². The molecule has 0 saturated carbocycles. The van der Waals surface area contributed by atoms with E-state index in [1.165, 1.54) is 42.5 Å². The van der Waals surface area contributed by atoms with E-state index in [-0.39, 0.29) is 45.7 Å². The summed E-state index contributed by atoms with van der Waals surface area (Å²) in [6.07, 6.45) is -0.218. The van der Waals surface area contributed by atoms with Crippen LogP contribution >= 0.6 is 11.6 Å². The molecule has 1 unspecified atom stereocenters. The number of aromatic nitrogens is 3. The fourth-order valence-corrected chi connectivity index (χ4v) is 4.25. The lowest BCUT2D eigenvalue weighted by molar-refractivity contribution is -0.139. The van der Waals surface area contributed by atoms with Gasteiger partial charge in [0.05, 0.1) is 11.3 Å². The molecule has 5 aromatic rings. The van der Waals surface area contributed by atoms with E-state index >= 15 is 4.39 Å². The number of amides is 1. The number of carbonyl (C=O) groups is 2. The van der Waals surface area contributed by atoms with E-state index < -0.39 is 29.6 Å². The van der Waals surface area contributed by atoms with Crippen molar-refractivity contribution in [2.24, 2.45) is 0 Å². The number of aliphatic carboxylic acids is 1. The first-order valence-electron chi connectivity index (χ1n) is 12.3. The molecule has 1 amide bonds. The number of hydrogen-bond donors (Lipinski definition) is 2. The summed E-state index contributed by atoms with van der Waals surface area (Å²) in [4.78, 5) is 33.2. The maximum atomic E-state index is 15.0. The summed E-state index contributed by atoms with van der Waals surface area (Å²) in [5, 5.41) is 16.2. The van der Waals surface area contributed by atoms with Crippen LogP contribution in [0, 0.1) is 18.6 Å². The average Bonchev–Trinajstić information content (AvgIpc) is 3.43. The van der Waals surface area contributed by atoms with Crippen molar-refractivity contribution in [2.75, 3.05) is 0 Å². The smallest absolute Gasteiger partial charge is 0.326 e. The summed E-state index contributed by atoms with van der Waals surface area (Å²) >= 11 is 5.80. The molecule has 1 atom stereocenters. The molecule has 0 aliphatic heterocycles. The molecule has 0 saturated heterocycles. The highest BCUT2D eigenvalue weighted by atomic mass is 35.5. The summed E-state index contributed by atoms with van der Waals surface area (Å²) in [5.41, 5.74) is 2.30. The summed E-state index contributed by atoms with van der Waals surface area (Å²) in [5.74, 6) is -3.16. The second kappa shape index (κ2) is 11.6. The van der Waals surface area contributed by atoms with Crippen molar-refractivity contribution in [1.82, 2.24) is 20.4 Å². The molecule has 2 aromatic heterocycles. The molecule has 11 heteroatoms. The Morgan fingerprint density at radius 2 is 1.68 bits per heavy atom. The van der Waals surface area contributed by atoms with Gasteiger partial charge in [0.1, 0.15) is 23.4 Å². The molecule has 3 aromatic carbocycles. The molecule has 5 rings (SSSR count). The van der Waals surface area contributed by atoms with E-state index in [4.69, 9.17) is 16.1 Å². The van der Waals surface area contributed by atoms with Crippen LogP contribution in [0.1, 0.15) is 21.6 Å². The monoisotopic (exact) mass is 574 g/mol. The highest BCUT2D eigenvalue weighted by molar-refractivity contribution is 6.30. The molecule has 2 N–H and O–H groups in total. The van der Waals surface area contributed by atoms with Crippen LogP contribution in [0.4, 0.5) is 8.78 Å². The Bertz CT molecular complexity index is 1760. The van der Waals surface area contributed by atoms with Gasteiger partial charge < -0.3 is 14.9 Å². The number of rotatable bonds is 8. The van der Waals surface area contributed by atoms with Crippen molar-refractivity contribution in [3.8, 4) is 34.1 Å². The molecule has 0 aliphatic rings. The Morgan fingerprint density at radius 3 is 2.39 bits per heavy atom. The van der Waals surface area contributed by atoms with Crippen molar-refractivity contribution in [1.29, 1.82) is 0 Å². The molecule has 0 fully saturated rings. The van der Waals surface area contributed by atoms with E-state index in [9.17, 15) is 19.1 Å². The van der Waals surface area contributed by atoms with E-state index in [0.717, 1.165) is 17.7 Å². The molecule has 2 heterocycles. The van der Waals surface area contributed by atoms with Crippen LogP contribution in [0.2, 0.25) is 5.02 Å². The third-order valence-corrected chi connectivity index (χ3v) is 6.47. The van der Waals surface area contributed by atoms with Crippen molar-refractivity contribution in [3.63, 3.8) is 0 Å². The highest BCUT2D eigenvalue weighted by Crippen LogP contribution is 2.26. The maximum Gasteiger partial charge on any atom is 0.326 e. The molecule has 0 bridgehead atoms. The quantitative estimate of drug-likeness (QED) is 0.229. The van der Waals surface area contributed by atoms with Gasteiger partial charge in [-0.1, -0.05) is 46.6 Å². The van der Waals surface area contributed by atoms with Gasteiger partial charge >= 0.3 is 5.97 Å². The Kier molecular flexibility index (Phi) is 7.84. The lowest BCUT2D eigenvalue weighted by Gasteiger charge is -2.15. The summed E-state index contributed by atoms with van der Waals surface area (Å²) in [6, 6.07) is 18.5. The topological polar surface area (TPSA) is 118 Å². The van der Waals surface area contributed by atoms with E-state index in [2.05, 4.69) is 20.4 Å². The lowest BCUT2D eigenvalue weighted by atomic mass is 10.0. The fourth-order valence-electron chi connectivity index (χ4n) is 4.09. The van der Waals surface area contributed by atoms with Crippen LogP contribution < -0.4 is 5.32 Å². The van der Waals surface area contributed by atoms with Gasteiger partial charge in [-0.25, -0.2) is 18.6 Å². The number of hydrogen-bond acceptors (Lipinski definition) is 6. The van der Waals surface area contributed by atoms with E-state index in [0.29, 0.717) is 11.1 Å². The summed E-state index contributed by atoms with van der Waals surface area (Å²) in [6.45, 7) is 1.94. The number of carboxylic acid groups (broad SMARTS) is 1. The van der Waals surface area contributed by atoms with Gasteiger partial charge in [0.15, 0.2) is 0 Å². The summed E-state index contributed by atoms with van der Waals surface area (Å²) < 4.78 is 34.7. The number of nitrogens with one attached hydrogen (secondary N) is 1. The maximum absolute atomic E-state index is 15.0. The lowest BCUT2D eigenvalue weighted by Crippen LogP contribution is -2.42. The number of halogens is 3.